The second kappa shape index (κ2) is 9.99. The lowest BCUT2D eigenvalue weighted by molar-refractivity contribution is -0.130. The van der Waals surface area contributed by atoms with Crippen LogP contribution in [-0.2, 0) is 11.2 Å². The minimum absolute atomic E-state index is 0.0316. The van der Waals surface area contributed by atoms with Gasteiger partial charge in [0.25, 0.3) is 5.91 Å². The van der Waals surface area contributed by atoms with E-state index in [9.17, 15) is 9.59 Å². The van der Waals surface area contributed by atoms with Crippen LogP contribution >= 0.6 is 0 Å². The minimum atomic E-state index is -0.664. The van der Waals surface area contributed by atoms with Crippen molar-refractivity contribution < 1.29 is 9.59 Å². The van der Waals surface area contributed by atoms with Crippen molar-refractivity contribution in [2.45, 2.75) is 26.7 Å². The van der Waals surface area contributed by atoms with E-state index in [1.54, 1.807) is 24.5 Å². The van der Waals surface area contributed by atoms with Crippen LogP contribution in [0.25, 0.3) is 11.1 Å². The zero-order chi connectivity index (χ0) is 23.3. The van der Waals surface area contributed by atoms with E-state index in [1.165, 1.54) is 0 Å². The molecule has 0 bridgehead atoms. The first kappa shape index (κ1) is 22.7. The summed E-state index contributed by atoms with van der Waals surface area (Å²) < 4.78 is 0. The molecule has 1 aromatic heterocycles. The molecule has 2 aromatic carbocycles. The van der Waals surface area contributed by atoms with Crippen molar-refractivity contribution >= 4 is 11.8 Å². The Morgan fingerprint density at radius 1 is 1.00 bits per heavy atom. The van der Waals surface area contributed by atoms with E-state index in [1.807, 2.05) is 35.2 Å². The summed E-state index contributed by atoms with van der Waals surface area (Å²) in [4.78, 5) is 32.5. The van der Waals surface area contributed by atoms with E-state index in [4.69, 9.17) is 0 Å². The summed E-state index contributed by atoms with van der Waals surface area (Å²) in [6.07, 6.45) is 4.48. The predicted octanol–water partition coefficient (Wildman–Crippen LogP) is 4.60. The highest BCUT2D eigenvalue weighted by Crippen LogP contribution is 2.38. The van der Waals surface area contributed by atoms with Gasteiger partial charge in [0.05, 0.1) is 5.41 Å². The summed E-state index contributed by atoms with van der Waals surface area (Å²) in [6, 6.07) is 22.0. The van der Waals surface area contributed by atoms with Gasteiger partial charge < -0.3 is 10.2 Å². The fourth-order valence-corrected chi connectivity index (χ4v) is 4.56. The van der Waals surface area contributed by atoms with Crippen molar-refractivity contribution in [3.63, 3.8) is 0 Å². The second-order valence-corrected chi connectivity index (χ2v) is 9.30. The third kappa shape index (κ3) is 5.14. The molecule has 3 aromatic rings. The zero-order valence-corrected chi connectivity index (χ0v) is 19.3. The number of hydrogen-bond donors (Lipinski definition) is 1. The average molecular weight is 442 g/mol. The standard InChI is InChI=1S/C28H31N3O2/c1-21(2)19-30-27(33)28(14-17-31(20-28)26(32)23-12-15-29-16-13-23)18-24-10-6-7-11-25(24)22-8-4-3-5-9-22/h3-13,15-16,21H,14,17-20H2,1-2H3,(H,30,33). The normalized spacial score (nSPS) is 17.8. The molecule has 2 heterocycles. The van der Waals surface area contributed by atoms with E-state index in [-0.39, 0.29) is 11.8 Å². The highest BCUT2D eigenvalue weighted by Gasteiger charge is 2.46. The van der Waals surface area contributed by atoms with E-state index in [2.05, 4.69) is 48.4 Å². The van der Waals surface area contributed by atoms with Gasteiger partial charge in [0, 0.05) is 37.6 Å². The van der Waals surface area contributed by atoms with Gasteiger partial charge in [-0.15, -0.1) is 0 Å². The Kier molecular flexibility index (Phi) is 6.87. The van der Waals surface area contributed by atoms with Gasteiger partial charge in [-0.3, -0.25) is 14.6 Å². The molecule has 1 aliphatic rings. The number of pyridine rings is 1. The first-order valence-electron chi connectivity index (χ1n) is 11.6. The summed E-state index contributed by atoms with van der Waals surface area (Å²) in [5.74, 6) is 0.343. The molecule has 5 nitrogen and oxygen atoms in total. The summed E-state index contributed by atoms with van der Waals surface area (Å²) in [5, 5.41) is 3.16. The lowest BCUT2D eigenvalue weighted by atomic mass is 9.78. The van der Waals surface area contributed by atoms with E-state index < -0.39 is 5.41 Å². The van der Waals surface area contributed by atoms with Crippen LogP contribution in [0.5, 0.6) is 0 Å². The van der Waals surface area contributed by atoms with Crippen LogP contribution in [0, 0.1) is 11.3 Å². The van der Waals surface area contributed by atoms with Crippen molar-refractivity contribution in [3.05, 3.63) is 90.3 Å². The maximum absolute atomic E-state index is 13.6. The topological polar surface area (TPSA) is 62.3 Å². The molecule has 4 rings (SSSR count). The summed E-state index contributed by atoms with van der Waals surface area (Å²) in [5.41, 5.74) is 3.33. The molecule has 0 saturated carbocycles. The third-order valence-corrected chi connectivity index (χ3v) is 6.35. The van der Waals surface area contributed by atoms with Gasteiger partial charge in [-0.05, 0) is 47.6 Å². The number of carbonyl (C=O) groups excluding carboxylic acids is 2. The summed E-state index contributed by atoms with van der Waals surface area (Å²) in [6.45, 7) is 5.77. The lowest BCUT2D eigenvalue weighted by Crippen LogP contribution is -2.46. The van der Waals surface area contributed by atoms with Gasteiger partial charge in [0.15, 0.2) is 0 Å². The average Bonchev–Trinajstić information content (AvgIpc) is 3.28. The van der Waals surface area contributed by atoms with E-state index >= 15 is 0 Å². The zero-order valence-electron chi connectivity index (χ0n) is 19.3. The Bertz CT molecular complexity index is 1100. The van der Waals surface area contributed by atoms with Crippen molar-refractivity contribution in [1.29, 1.82) is 0 Å². The van der Waals surface area contributed by atoms with Crippen LogP contribution in [-0.4, -0.2) is 41.3 Å². The molecule has 1 N–H and O–H groups in total. The van der Waals surface area contributed by atoms with Gasteiger partial charge >= 0.3 is 0 Å². The minimum Gasteiger partial charge on any atom is -0.355 e. The molecule has 1 unspecified atom stereocenters. The highest BCUT2D eigenvalue weighted by atomic mass is 16.2. The molecule has 0 radical (unpaired) electrons. The molecule has 0 aliphatic carbocycles. The Morgan fingerprint density at radius 3 is 2.42 bits per heavy atom. The first-order chi connectivity index (χ1) is 16.0. The molecule has 1 aliphatic heterocycles. The van der Waals surface area contributed by atoms with Crippen LogP contribution in [0.2, 0.25) is 0 Å². The third-order valence-electron chi connectivity index (χ3n) is 6.35. The fraction of sp³-hybridized carbons (Fsp3) is 0.321. The van der Waals surface area contributed by atoms with Crippen LogP contribution in [0.3, 0.4) is 0 Å². The van der Waals surface area contributed by atoms with Crippen LogP contribution in [0.15, 0.2) is 79.1 Å². The number of likely N-dealkylation sites (tertiary alicyclic amines) is 1. The molecule has 1 fully saturated rings. The first-order valence-corrected chi connectivity index (χ1v) is 11.6. The fourth-order valence-electron chi connectivity index (χ4n) is 4.56. The van der Waals surface area contributed by atoms with Crippen LogP contribution in [0.4, 0.5) is 0 Å². The Hall–Kier alpha value is -3.47. The van der Waals surface area contributed by atoms with Gasteiger partial charge in [0.2, 0.25) is 5.91 Å². The molecule has 1 atom stereocenters. The Morgan fingerprint density at radius 2 is 1.70 bits per heavy atom. The van der Waals surface area contributed by atoms with Crippen molar-refractivity contribution in [2.75, 3.05) is 19.6 Å². The number of nitrogens with one attached hydrogen (secondary N) is 1. The SMILES string of the molecule is CC(C)CNC(=O)C1(Cc2ccccc2-c2ccccc2)CCN(C(=O)c2ccncc2)C1. The quantitative estimate of drug-likeness (QED) is 0.583. The molecule has 2 amide bonds. The summed E-state index contributed by atoms with van der Waals surface area (Å²) in [7, 11) is 0. The van der Waals surface area contributed by atoms with Crippen molar-refractivity contribution in [3.8, 4) is 11.1 Å². The maximum Gasteiger partial charge on any atom is 0.253 e. The van der Waals surface area contributed by atoms with Crippen molar-refractivity contribution in [2.24, 2.45) is 11.3 Å². The van der Waals surface area contributed by atoms with Crippen LogP contribution < -0.4 is 5.32 Å². The largest absolute Gasteiger partial charge is 0.355 e. The van der Waals surface area contributed by atoms with Crippen molar-refractivity contribution in [1.82, 2.24) is 15.2 Å². The molecule has 33 heavy (non-hydrogen) atoms. The van der Waals surface area contributed by atoms with E-state index in [0.717, 1.165) is 16.7 Å². The van der Waals surface area contributed by atoms with Gasteiger partial charge in [0.1, 0.15) is 0 Å². The summed E-state index contributed by atoms with van der Waals surface area (Å²) >= 11 is 0. The Balaban J connectivity index is 1.65. The lowest BCUT2D eigenvalue weighted by Gasteiger charge is -2.30. The predicted molar refractivity (Wildman–Crippen MR) is 131 cm³/mol. The molecule has 170 valence electrons. The molecule has 1 saturated heterocycles. The van der Waals surface area contributed by atoms with Crippen LogP contribution in [0.1, 0.15) is 36.2 Å². The number of rotatable bonds is 7. The number of nitrogens with zero attached hydrogens (tertiary/aromatic N) is 2. The van der Waals surface area contributed by atoms with E-state index in [0.29, 0.717) is 44.0 Å². The number of carbonyl (C=O) groups is 2. The monoisotopic (exact) mass is 441 g/mol. The molecule has 0 spiro atoms. The maximum atomic E-state index is 13.6. The number of hydrogen-bond acceptors (Lipinski definition) is 3. The molecular formula is C28H31N3O2. The Labute approximate surface area is 195 Å². The number of benzene rings is 2. The van der Waals surface area contributed by atoms with Gasteiger partial charge in [-0.1, -0.05) is 68.4 Å². The molecular weight excluding hydrogens is 410 g/mol. The van der Waals surface area contributed by atoms with Gasteiger partial charge in [-0.2, -0.15) is 0 Å². The number of amides is 2. The van der Waals surface area contributed by atoms with Gasteiger partial charge in [-0.25, -0.2) is 0 Å². The smallest absolute Gasteiger partial charge is 0.253 e. The number of aromatic nitrogens is 1. The highest BCUT2D eigenvalue weighted by molar-refractivity contribution is 5.95. The molecule has 5 heteroatoms. The second-order valence-electron chi connectivity index (χ2n) is 9.30.